The largest absolute Gasteiger partial charge is 1.00 e. The van der Waals surface area contributed by atoms with E-state index in [0.717, 1.165) is 37.8 Å². The molecular weight excluding hydrogens is 442 g/mol. The molecule has 0 saturated carbocycles. The summed E-state index contributed by atoms with van der Waals surface area (Å²) in [5.41, 5.74) is -0.199. The molecule has 0 spiro atoms. The predicted octanol–water partition coefficient (Wildman–Crippen LogP) is -4.13. The van der Waals surface area contributed by atoms with Gasteiger partial charge in [-0.1, -0.05) is 26.2 Å². The summed E-state index contributed by atoms with van der Waals surface area (Å²) in [7, 11) is -9.96. The van der Waals surface area contributed by atoms with Crippen LogP contribution in [0.25, 0.3) is 0 Å². The quantitative estimate of drug-likeness (QED) is 0.217. The van der Waals surface area contributed by atoms with Gasteiger partial charge in [-0.25, -0.2) is 16.8 Å². The van der Waals surface area contributed by atoms with Gasteiger partial charge in [0.15, 0.2) is 0 Å². The first-order chi connectivity index (χ1) is 12.4. The smallest absolute Gasteiger partial charge is 0.744 e. The van der Waals surface area contributed by atoms with Crippen LogP contribution in [-0.4, -0.2) is 37.6 Å². The standard InChI is InChI=1S/C16H22N2O7S2.2Na/c1-3-4-5-6-7-12-9-16(19)18(17-12)13-10-14(26(20,21)22)11(2)8-15(13)27(23,24)25;;/h8,10H,3-7,9H2,1-2H3,(H,20,21,22)(H,23,24,25);;/q;2*+1/p-2. The Labute approximate surface area is 215 Å². The van der Waals surface area contributed by atoms with Crippen molar-refractivity contribution in [2.45, 2.75) is 62.2 Å². The van der Waals surface area contributed by atoms with Gasteiger partial charge in [-0.3, -0.25) is 4.79 Å². The van der Waals surface area contributed by atoms with E-state index < -0.39 is 41.6 Å². The summed E-state index contributed by atoms with van der Waals surface area (Å²) in [6, 6.07) is 1.51. The van der Waals surface area contributed by atoms with Crippen LogP contribution >= 0.6 is 0 Å². The molecule has 1 aliphatic heterocycles. The summed E-state index contributed by atoms with van der Waals surface area (Å²) < 4.78 is 69.0. The molecule has 0 saturated heterocycles. The summed E-state index contributed by atoms with van der Waals surface area (Å²) in [5, 5.41) is 4.77. The molecule has 13 heteroatoms. The molecule has 2 rings (SSSR count). The second kappa shape index (κ2) is 11.7. The number of benzene rings is 1. The maximum atomic E-state index is 12.3. The van der Waals surface area contributed by atoms with Crippen molar-refractivity contribution in [3.05, 3.63) is 17.7 Å². The number of hydrogen-bond donors (Lipinski definition) is 0. The van der Waals surface area contributed by atoms with E-state index in [9.17, 15) is 30.7 Å². The van der Waals surface area contributed by atoms with Crippen LogP contribution in [0.5, 0.6) is 0 Å². The van der Waals surface area contributed by atoms with E-state index in [1.165, 1.54) is 6.92 Å². The van der Waals surface area contributed by atoms with Crippen LogP contribution in [0.2, 0.25) is 0 Å². The first-order valence-corrected chi connectivity index (χ1v) is 11.2. The molecular formula is C16H20N2Na2O7S2. The fraction of sp³-hybridized carbons (Fsp3) is 0.500. The van der Waals surface area contributed by atoms with Crippen molar-refractivity contribution in [3.63, 3.8) is 0 Å². The van der Waals surface area contributed by atoms with Crippen molar-refractivity contribution in [3.8, 4) is 0 Å². The zero-order valence-corrected chi connectivity index (χ0v) is 22.6. The molecule has 0 aliphatic carbocycles. The Morgan fingerprint density at radius 1 is 1.00 bits per heavy atom. The number of rotatable bonds is 8. The van der Waals surface area contributed by atoms with Crippen molar-refractivity contribution in [2.24, 2.45) is 5.10 Å². The molecule has 0 bridgehead atoms. The zero-order valence-electron chi connectivity index (χ0n) is 17.0. The minimum atomic E-state index is -5.03. The Kier molecular flexibility index (Phi) is 11.8. The summed E-state index contributed by atoms with van der Waals surface area (Å²) in [6.45, 7) is 3.25. The predicted molar refractivity (Wildman–Crippen MR) is 95.4 cm³/mol. The number of nitrogens with zero attached hydrogens (tertiary/aromatic N) is 2. The van der Waals surface area contributed by atoms with Crippen molar-refractivity contribution in [1.29, 1.82) is 0 Å². The first-order valence-electron chi connectivity index (χ1n) is 8.41. The number of carbonyl (C=O) groups is 1. The third kappa shape index (κ3) is 7.67. The zero-order chi connectivity index (χ0) is 20.4. The molecule has 1 aromatic carbocycles. The molecule has 0 fully saturated rings. The number of anilines is 1. The molecule has 9 nitrogen and oxygen atoms in total. The van der Waals surface area contributed by atoms with Gasteiger partial charge in [-0.05, 0) is 37.5 Å². The topological polar surface area (TPSA) is 147 Å². The average molecular weight is 462 g/mol. The number of unbranched alkanes of at least 4 members (excludes halogenated alkanes) is 3. The van der Waals surface area contributed by atoms with Crippen LogP contribution in [0, 0.1) is 6.92 Å². The minimum Gasteiger partial charge on any atom is -0.744 e. The molecule has 0 N–H and O–H groups in total. The van der Waals surface area contributed by atoms with Gasteiger partial charge in [0.1, 0.15) is 20.2 Å². The summed E-state index contributed by atoms with van der Waals surface area (Å²) in [6.07, 6.45) is 4.30. The van der Waals surface area contributed by atoms with E-state index in [-0.39, 0.29) is 71.1 Å². The first kappa shape index (κ1) is 29.2. The van der Waals surface area contributed by atoms with Gasteiger partial charge >= 0.3 is 59.1 Å². The van der Waals surface area contributed by atoms with Crippen LogP contribution in [0.4, 0.5) is 5.69 Å². The number of hydrogen-bond acceptors (Lipinski definition) is 8. The molecule has 1 heterocycles. The van der Waals surface area contributed by atoms with Crippen LogP contribution in [0.3, 0.4) is 0 Å². The SMILES string of the molecule is CCCCCCC1=NN(c2cc(S(=O)(=O)[O-])c(C)cc2S(=O)(=O)[O-])C(=O)C1.[Na+].[Na+]. The second-order valence-corrected chi connectivity index (χ2v) is 9.05. The summed E-state index contributed by atoms with van der Waals surface area (Å²) in [5.74, 6) is -0.594. The molecule has 1 amide bonds. The molecule has 150 valence electrons. The van der Waals surface area contributed by atoms with Gasteiger partial charge in [-0.2, -0.15) is 10.1 Å². The molecule has 0 atom stereocenters. The van der Waals surface area contributed by atoms with Gasteiger partial charge in [0.2, 0.25) is 0 Å². The van der Waals surface area contributed by atoms with E-state index in [0.29, 0.717) is 17.1 Å². The van der Waals surface area contributed by atoms with Gasteiger partial charge in [0.25, 0.3) is 5.91 Å². The Hall–Kier alpha value is 0.180. The van der Waals surface area contributed by atoms with E-state index in [1.807, 2.05) is 0 Å². The fourth-order valence-corrected chi connectivity index (χ4v) is 4.28. The third-order valence-corrected chi connectivity index (χ3v) is 6.02. The second-order valence-electron chi connectivity index (χ2n) is 6.35. The van der Waals surface area contributed by atoms with Gasteiger partial charge < -0.3 is 9.11 Å². The minimum absolute atomic E-state index is 0. The number of hydrazone groups is 1. The Bertz CT molecular complexity index is 993. The summed E-state index contributed by atoms with van der Waals surface area (Å²) in [4.78, 5) is 10.8. The Balaban J connectivity index is 0.00000392. The van der Waals surface area contributed by atoms with E-state index in [4.69, 9.17) is 0 Å². The van der Waals surface area contributed by atoms with Crippen LogP contribution in [-0.2, 0) is 25.0 Å². The molecule has 0 radical (unpaired) electrons. The van der Waals surface area contributed by atoms with Gasteiger partial charge in [0.05, 0.1) is 21.9 Å². The molecule has 29 heavy (non-hydrogen) atoms. The Morgan fingerprint density at radius 2 is 1.59 bits per heavy atom. The fourth-order valence-electron chi connectivity index (χ4n) is 2.85. The summed E-state index contributed by atoms with van der Waals surface area (Å²) >= 11 is 0. The average Bonchev–Trinajstić information content (AvgIpc) is 2.90. The third-order valence-electron chi connectivity index (χ3n) is 4.18. The van der Waals surface area contributed by atoms with E-state index >= 15 is 0 Å². The number of carbonyl (C=O) groups excluding carboxylic acids is 1. The number of aryl methyl sites for hydroxylation is 1. The van der Waals surface area contributed by atoms with Crippen molar-refractivity contribution in [2.75, 3.05) is 5.01 Å². The van der Waals surface area contributed by atoms with E-state index in [1.54, 1.807) is 0 Å². The van der Waals surface area contributed by atoms with Crippen molar-refractivity contribution < 1.29 is 89.9 Å². The van der Waals surface area contributed by atoms with Gasteiger partial charge in [0, 0.05) is 5.71 Å². The maximum absolute atomic E-state index is 12.3. The molecule has 0 unspecified atom stereocenters. The van der Waals surface area contributed by atoms with Gasteiger partial charge in [-0.15, -0.1) is 0 Å². The van der Waals surface area contributed by atoms with Crippen molar-refractivity contribution >= 4 is 37.5 Å². The number of amides is 1. The van der Waals surface area contributed by atoms with E-state index in [2.05, 4.69) is 12.0 Å². The maximum Gasteiger partial charge on any atom is 1.00 e. The Morgan fingerprint density at radius 3 is 2.10 bits per heavy atom. The molecule has 0 aromatic heterocycles. The van der Waals surface area contributed by atoms with Crippen LogP contribution < -0.4 is 64.1 Å². The normalized spacial score (nSPS) is 14.3. The van der Waals surface area contributed by atoms with Crippen LogP contribution in [0.15, 0.2) is 27.0 Å². The monoisotopic (exact) mass is 462 g/mol. The molecule has 1 aromatic rings. The molecule has 1 aliphatic rings. The van der Waals surface area contributed by atoms with Crippen LogP contribution in [0.1, 0.15) is 51.0 Å². The van der Waals surface area contributed by atoms with Crippen molar-refractivity contribution in [1.82, 2.24) is 0 Å².